The van der Waals surface area contributed by atoms with Crippen LogP contribution in [0, 0.1) is 0 Å². The summed E-state index contributed by atoms with van der Waals surface area (Å²) in [4.78, 5) is 0. The zero-order chi connectivity index (χ0) is 13.4. The maximum Gasteiger partial charge on any atom is 0.191 e. The lowest BCUT2D eigenvalue weighted by Gasteiger charge is -2.29. The van der Waals surface area contributed by atoms with Crippen molar-refractivity contribution in [2.24, 2.45) is 0 Å². The molecule has 1 rings (SSSR count). The molecule has 1 atom stereocenters. The van der Waals surface area contributed by atoms with Gasteiger partial charge in [0.05, 0.1) is 6.10 Å². The smallest absolute Gasteiger partial charge is 0.191 e. The second-order valence-corrected chi connectivity index (χ2v) is 9.30. The Balaban J connectivity index is 2.78. The summed E-state index contributed by atoms with van der Waals surface area (Å²) >= 11 is 0. The monoisotopic (exact) mass is 260 g/mol. The normalized spacial score (nSPS) is 13.0. The van der Waals surface area contributed by atoms with Crippen LogP contribution in [0.4, 0.5) is 0 Å². The van der Waals surface area contributed by atoms with Crippen LogP contribution in [0.15, 0.2) is 55.6 Å². The third-order valence-electron chi connectivity index (χ3n) is 2.90. The van der Waals surface area contributed by atoms with Crippen LogP contribution in [-0.2, 0) is 4.43 Å². The fourth-order valence-electron chi connectivity index (χ4n) is 2.01. The second-order valence-electron chi connectivity index (χ2n) is 5.14. The van der Waals surface area contributed by atoms with Gasteiger partial charge < -0.3 is 4.43 Å². The van der Waals surface area contributed by atoms with Gasteiger partial charge in [0.2, 0.25) is 0 Å². The highest BCUT2D eigenvalue weighted by molar-refractivity contribution is 6.71. The Bertz CT molecular complexity index is 370. The summed E-state index contributed by atoms with van der Waals surface area (Å²) in [5.41, 5.74) is 1.27. The van der Waals surface area contributed by atoms with E-state index in [1.807, 2.05) is 18.2 Å². The Labute approximate surface area is 112 Å². The minimum Gasteiger partial charge on any atom is -0.410 e. The quantitative estimate of drug-likeness (QED) is 0.466. The molecule has 1 nitrogen and oxygen atoms in total. The molecule has 0 bridgehead atoms. The first-order valence-corrected chi connectivity index (χ1v) is 9.65. The van der Waals surface area contributed by atoms with Crippen LogP contribution in [-0.4, -0.2) is 8.32 Å². The summed E-state index contributed by atoms with van der Waals surface area (Å²) in [6, 6.07) is 11.5. The molecule has 0 aliphatic heterocycles. The van der Waals surface area contributed by atoms with E-state index in [9.17, 15) is 0 Å². The van der Waals surface area contributed by atoms with Gasteiger partial charge in [0.25, 0.3) is 0 Å². The van der Waals surface area contributed by atoms with Crippen LogP contribution < -0.4 is 0 Å². The van der Waals surface area contributed by atoms with Crippen molar-refractivity contribution in [1.29, 1.82) is 0 Å². The van der Waals surface area contributed by atoms with Crippen molar-refractivity contribution in [1.82, 2.24) is 0 Å². The minimum atomic E-state index is -1.65. The Morgan fingerprint density at radius 1 is 1.17 bits per heavy atom. The van der Waals surface area contributed by atoms with Crippen molar-refractivity contribution in [3.8, 4) is 0 Å². The van der Waals surface area contributed by atoms with Gasteiger partial charge >= 0.3 is 0 Å². The van der Waals surface area contributed by atoms with Crippen LogP contribution in [0.25, 0.3) is 0 Å². The van der Waals surface area contributed by atoms with Crippen molar-refractivity contribution >= 4 is 8.32 Å². The van der Waals surface area contributed by atoms with Crippen molar-refractivity contribution in [2.75, 3.05) is 0 Å². The number of rotatable bonds is 8. The molecule has 2 heteroatoms. The number of hydrogen-bond acceptors (Lipinski definition) is 1. The molecule has 0 aliphatic carbocycles. The van der Waals surface area contributed by atoms with Crippen LogP contribution in [0.5, 0.6) is 0 Å². The number of allylic oxidation sites excluding steroid dienone is 2. The largest absolute Gasteiger partial charge is 0.410 e. The fraction of sp³-hybridized carbons (Fsp3) is 0.375. The predicted molar refractivity (Wildman–Crippen MR) is 82.2 cm³/mol. The lowest BCUT2D eigenvalue weighted by molar-refractivity contribution is 0.187. The standard InChI is InChI=1S/C16H24OSi/c1-5-7-13-16(15-11-9-8-10-12-15)17-18(3,4)14-6-2/h5-6,8-12,16H,1-2,7,13-14H2,3-4H3. The zero-order valence-electron chi connectivity index (χ0n) is 11.6. The van der Waals surface area contributed by atoms with Crippen LogP contribution in [0.1, 0.15) is 24.5 Å². The van der Waals surface area contributed by atoms with E-state index in [1.54, 1.807) is 0 Å². The molecule has 98 valence electrons. The highest BCUT2D eigenvalue weighted by Crippen LogP contribution is 2.28. The van der Waals surface area contributed by atoms with Gasteiger partial charge in [0, 0.05) is 0 Å². The summed E-state index contributed by atoms with van der Waals surface area (Å²) in [7, 11) is -1.65. The molecule has 0 heterocycles. The lowest BCUT2D eigenvalue weighted by atomic mass is 10.1. The number of hydrogen-bond donors (Lipinski definition) is 0. The van der Waals surface area contributed by atoms with E-state index in [0.717, 1.165) is 18.9 Å². The van der Waals surface area contributed by atoms with Gasteiger partial charge in [0.15, 0.2) is 8.32 Å². The molecule has 0 fully saturated rings. The van der Waals surface area contributed by atoms with Crippen molar-refractivity contribution in [2.45, 2.75) is 38.1 Å². The van der Waals surface area contributed by atoms with Gasteiger partial charge in [-0.05, 0) is 37.5 Å². The Hall–Kier alpha value is -1.12. The van der Waals surface area contributed by atoms with E-state index < -0.39 is 8.32 Å². The van der Waals surface area contributed by atoms with Gasteiger partial charge in [-0.15, -0.1) is 13.2 Å². The first-order valence-electron chi connectivity index (χ1n) is 6.53. The topological polar surface area (TPSA) is 9.23 Å². The van der Waals surface area contributed by atoms with E-state index in [4.69, 9.17) is 4.43 Å². The molecule has 1 aromatic carbocycles. The van der Waals surface area contributed by atoms with Crippen molar-refractivity contribution in [3.05, 3.63) is 61.2 Å². The molecule has 1 aromatic rings. The van der Waals surface area contributed by atoms with Crippen LogP contribution >= 0.6 is 0 Å². The highest BCUT2D eigenvalue weighted by atomic mass is 28.4. The molecular formula is C16H24OSi. The minimum absolute atomic E-state index is 0.186. The van der Waals surface area contributed by atoms with Gasteiger partial charge in [-0.2, -0.15) is 0 Å². The van der Waals surface area contributed by atoms with Gasteiger partial charge in [-0.25, -0.2) is 0 Å². The molecule has 0 spiro atoms. The summed E-state index contributed by atoms with van der Waals surface area (Å²) in [6.07, 6.45) is 6.10. The maximum absolute atomic E-state index is 6.39. The Morgan fingerprint density at radius 2 is 1.83 bits per heavy atom. The number of benzene rings is 1. The Kier molecular flexibility index (Phi) is 6.09. The molecular weight excluding hydrogens is 236 g/mol. The summed E-state index contributed by atoms with van der Waals surface area (Å²) in [5, 5.41) is 0. The molecule has 0 aromatic heterocycles. The third kappa shape index (κ3) is 5.03. The maximum atomic E-state index is 6.39. The second kappa shape index (κ2) is 7.34. The summed E-state index contributed by atoms with van der Waals surface area (Å²) < 4.78 is 6.39. The first kappa shape index (κ1) is 14.9. The van der Waals surface area contributed by atoms with Crippen LogP contribution in [0.3, 0.4) is 0 Å². The van der Waals surface area contributed by atoms with Crippen LogP contribution in [0.2, 0.25) is 19.1 Å². The average Bonchev–Trinajstić information content (AvgIpc) is 2.35. The molecule has 0 saturated heterocycles. The van der Waals surface area contributed by atoms with Crippen molar-refractivity contribution in [3.63, 3.8) is 0 Å². The van der Waals surface area contributed by atoms with E-state index in [-0.39, 0.29) is 6.10 Å². The molecule has 1 unspecified atom stereocenters. The summed E-state index contributed by atoms with van der Waals surface area (Å²) in [5.74, 6) is 0. The summed E-state index contributed by atoms with van der Waals surface area (Å²) in [6.45, 7) is 12.1. The predicted octanol–water partition coefficient (Wildman–Crippen LogP) is 5.10. The molecule has 0 radical (unpaired) electrons. The van der Waals surface area contributed by atoms with Gasteiger partial charge in [0.1, 0.15) is 0 Å². The molecule has 0 amide bonds. The van der Waals surface area contributed by atoms with E-state index >= 15 is 0 Å². The van der Waals surface area contributed by atoms with E-state index in [0.29, 0.717) is 0 Å². The third-order valence-corrected chi connectivity index (χ3v) is 5.10. The zero-order valence-corrected chi connectivity index (χ0v) is 12.6. The van der Waals surface area contributed by atoms with E-state index in [1.165, 1.54) is 5.56 Å². The molecule has 0 saturated carbocycles. The SMILES string of the molecule is C=CCCC(O[Si](C)(C)CC=C)c1ccccc1. The van der Waals surface area contributed by atoms with Gasteiger partial charge in [-0.1, -0.05) is 42.5 Å². The van der Waals surface area contributed by atoms with Crippen molar-refractivity contribution < 1.29 is 4.43 Å². The highest BCUT2D eigenvalue weighted by Gasteiger charge is 2.25. The Morgan fingerprint density at radius 3 is 2.39 bits per heavy atom. The first-order chi connectivity index (χ1) is 8.59. The van der Waals surface area contributed by atoms with E-state index in [2.05, 4.69) is 50.5 Å². The molecule has 18 heavy (non-hydrogen) atoms. The van der Waals surface area contributed by atoms with Gasteiger partial charge in [-0.3, -0.25) is 0 Å². The molecule has 0 N–H and O–H groups in total. The fourth-order valence-corrected chi connectivity index (χ4v) is 3.83. The molecule has 0 aliphatic rings. The average molecular weight is 260 g/mol. The lowest BCUT2D eigenvalue weighted by Crippen LogP contribution is -2.31.